The van der Waals surface area contributed by atoms with Crippen molar-refractivity contribution in [3.63, 3.8) is 0 Å². The van der Waals surface area contributed by atoms with Crippen LogP contribution in [0, 0.1) is 0 Å². The second-order valence-electron chi connectivity index (χ2n) is 6.23. The number of nitrogens with zero attached hydrogens (tertiary/aromatic N) is 1. The lowest BCUT2D eigenvalue weighted by Gasteiger charge is -2.28. The highest BCUT2D eigenvalue weighted by molar-refractivity contribution is 6.04. The summed E-state index contributed by atoms with van der Waals surface area (Å²) in [5, 5.41) is 12.8. The molecule has 1 aromatic carbocycles. The van der Waals surface area contributed by atoms with Gasteiger partial charge in [0.2, 0.25) is 0 Å². The molecule has 1 aromatic heterocycles. The molecule has 1 fully saturated rings. The molecule has 6 heteroatoms. The van der Waals surface area contributed by atoms with Gasteiger partial charge in [0.05, 0.1) is 11.8 Å². The second kappa shape index (κ2) is 8.09. The van der Waals surface area contributed by atoms with Crippen molar-refractivity contribution >= 4 is 11.6 Å². The molecular weight excluding hydrogens is 318 g/mol. The SMILES string of the molecule is NCc1cc(C(=O)Nc2ccc(OC3CCCCC3O)cc2)ccn1. The number of aliphatic hydroxyl groups excluding tert-OH is 1. The molecular formula is C19H23N3O3. The topological polar surface area (TPSA) is 97.5 Å². The first-order valence-corrected chi connectivity index (χ1v) is 8.57. The van der Waals surface area contributed by atoms with Crippen LogP contribution >= 0.6 is 0 Å². The third-order valence-electron chi connectivity index (χ3n) is 4.36. The molecule has 132 valence electrons. The van der Waals surface area contributed by atoms with Gasteiger partial charge in [0.1, 0.15) is 11.9 Å². The van der Waals surface area contributed by atoms with Crippen LogP contribution in [0.15, 0.2) is 42.6 Å². The Labute approximate surface area is 147 Å². The predicted molar refractivity (Wildman–Crippen MR) is 95.4 cm³/mol. The highest BCUT2D eigenvalue weighted by atomic mass is 16.5. The van der Waals surface area contributed by atoms with Crippen molar-refractivity contribution in [3.8, 4) is 5.75 Å². The van der Waals surface area contributed by atoms with Crippen LogP contribution in [0.1, 0.15) is 41.7 Å². The molecule has 1 saturated carbocycles. The van der Waals surface area contributed by atoms with Gasteiger partial charge in [-0.1, -0.05) is 6.42 Å². The fourth-order valence-electron chi connectivity index (χ4n) is 2.94. The Morgan fingerprint density at radius 3 is 2.72 bits per heavy atom. The van der Waals surface area contributed by atoms with E-state index in [2.05, 4.69) is 10.3 Å². The van der Waals surface area contributed by atoms with E-state index in [1.54, 1.807) is 42.6 Å². The Morgan fingerprint density at radius 2 is 2.00 bits per heavy atom. The molecule has 0 aliphatic heterocycles. The van der Waals surface area contributed by atoms with E-state index in [1.807, 2.05) is 0 Å². The van der Waals surface area contributed by atoms with Gasteiger partial charge >= 0.3 is 0 Å². The normalized spacial score (nSPS) is 20.1. The quantitative estimate of drug-likeness (QED) is 0.776. The predicted octanol–water partition coefficient (Wildman–Crippen LogP) is 2.47. The standard InChI is InChI=1S/C19H23N3O3/c20-12-15-11-13(9-10-21-15)19(24)22-14-5-7-16(8-6-14)25-18-4-2-1-3-17(18)23/h5-11,17-18,23H,1-4,12,20H2,(H,22,24). The van der Waals surface area contributed by atoms with Gasteiger partial charge in [0.15, 0.2) is 0 Å². The van der Waals surface area contributed by atoms with Crippen LogP contribution < -0.4 is 15.8 Å². The number of aromatic nitrogens is 1. The number of aliphatic hydroxyl groups is 1. The molecule has 1 heterocycles. The summed E-state index contributed by atoms with van der Waals surface area (Å²) >= 11 is 0. The third kappa shape index (κ3) is 4.55. The molecule has 1 amide bonds. The number of carbonyl (C=O) groups excluding carboxylic acids is 1. The average Bonchev–Trinajstić information content (AvgIpc) is 2.65. The summed E-state index contributed by atoms with van der Waals surface area (Å²) in [5.74, 6) is 0.478. The average molecular weight is 341 g/mol. The number of hydrogen-bond acceptors (Lipinski definition) is 5. The van der Waals surface area contributed by atoms with Crippen LogP contribution in [0.5, 0.6) is 5.75 Å². The zero-order chi connectivity index (χ0) is 17.6. The minimum absolute atomic E-state index is 0.152. The molecule has 2 unspecified atom stereocenters. The van der Waals surface area contributed by atoms with Crippen LogP contribution in [0.25, 0.3) is 0 Å². The van der Waals surface area contributed by atoms with E-state index >= 15 is 0 Å². The lowest BCUT2D eigenvalue weighted by molar-refractivity contribution is 0.00688. The largest absolute Gasteiger partial charge is 0.488 e. The fraction of sp³-hybridized carbons (Fsp3) is 0.368. The van der Waals surface area contributed by atoms with Crippen LogP contribution in [0.4, 0.5) is 5.69 Å². The van der Waals surface area contributed by atoms with E-state index in [4.69, 9.17) is 10.5 Å². The van der Waals surface area contributed by atoms with Gasteiger partial charge in [0.25, 0.3) is 5.91 Å². The summed E-state index contributed by atoms with van der Waals surface area (Å²) in [7, 11) is 0. The van der Waals surface area contributed by atoms with Gasteiger partial charge < -0.3 is 20.9 Å². The number of benzene rings is 1. The number of nitrogens with one attached hydrogen (secondary N) is 1. The van der Waals surface area contributed by atoms with E-state index in [0.29, 0.717) is 29.2 Å². The van der Waals surface area contributed by atoms with Gasteiger partial charge in [0, 0.05) is 24.0 Å². The van der Waals surface area contributed by atoms with Crippen molar-refractivity contribution in [3.05, 3.63) is 53.9 Å². The van der Waals surface area contributed by atoms with Crippen molar-refractivity contribution in [2.24, 2.45) is 5.73 Å². The maximum atomic E-state index is 12.3. The molecule has 0 saturated heterocycles. The van der Waals surface area contributed by atoms with Crippen molar-refractivity contribution < 1.29 is 14.6 Å². The van der Waals surface area contributed by atoms with E-state index < -0.39 is 6.10 Å². The zero-order valence-electron chi connectivity index (χ0n) is 14.0. The molecule has 25 heavy (non-hydrogen) atoms. The minimum Gasteiger partial charge on any atom is -0.488 e. The fourth-order valence-corrected chi connectivity index (χ4v) is 2.94. The van der Waals surface area contributed by atoms with E-state index in [-0.39, 0.29) is 12.0 Å². The van der Waals surface area contributed by atoms with Gasteiger partial charge in [-0.05, 0) is 55.7 Å². The van der Waals surface area contributed by atoms with Crippen molar-refractivity contribution in [2.75, 3.05) is 5.32 Å². The molecule has 1 aliphatic rings. The zero-order valence-corrected chi connectivity index (χ0v) is 14.0. The van der Waals surface area contributed by atoms with Gasteiger partial charge in [-0.3, -0.25) is 9.78 Å². The first-order valence-electron chi connectivity index (χ1n) is 8.57. The van der Waals surface area contributed by atoms with Crippen LogP contribution in [-0.2, 0) is 6.54 Å². The Bertz CT molecular complexity index is 718. The second-order valence-corrected chi connectivity index (χ2v) is 6.23. The molecule has 2 atom stereocenters. The summed E-state index contributed by atoms with van der Waals surface area (Å²) < 4.78 is 5.86. The van der Waals surface area contributed by atoms with Crippen molar-refractivity contribution in [2.45, 2.75) is 44.4 Å². The lowest BCUT2D eigenvalue weighted by Crippen LogP contribution is -2.34. The molecule has 0 bridgehead atoms. The monoisotopic (exact) mass is 341 g/mol. The van der Waals surface area contributed by atoms with E-state index in [9.17, 15) is 9.90 Å². The van der Waals surface area contributed by atoms with Crippen molar-refractivity contribution in [1.82, 2.24) is 4.98 Å². The maximum absolute atomic E-state index is 12.3. The third-order valence-corrected chi connectivity index (χ3v) is 4.36. The summed E-state index contributed by atoms with van der Waals surface area (Å²) in [5.41, 5.74) is 7.41. The van der Waals surface area contributed by atoms with Crippen LogP contribution in [0.3, 0.4) is 0 Å². The van der Waals surface area contributed by atoms with E-state index in [1.165, 1.54) is 0 Å². The number of hydrogen-bond donors (Lipinski definition) is 3. The summed E-state index contributed by atoms with van der Waals surface area (Å²) in [6.07, 6.45) is 4.79. The molecule has 0 radical (unpaired) electrons. The summed E-state index contributed by atoms with van der Waals surface area (Å²) in [4.78, 5) is 16.4. The molecule has 6 nitrogen and oxygen atoms in total. The highest BCUT2D eigenvalue weighted by Crippen LogP contribution is 2.25. The Morgan fingerprint density at radius 1 is 1.24 bits per heavy atom. The number of anilines is 1. The summed E-state index contributed by atoms with van der Waals surface area (Å²) in [6, 6.07) is 10.5. The molecule has 0 spiro atoms. The number of pyridine rings is 1. The van der Waals surface area contributed by atoms with Crippen molar-refractivity contribution in [1.29, 1.82) is 0 Å². The molecule has 4 N–H and O–H groups in total. The lowest BCUT2D eigenvalue weighted by atomic mass is 9.95. The number of rotatable bonds is 5. The summed E-state index contributed by atoms with van der Waals surface area (Å²) in [6.45, 7) is 0.292. The number of ether oxygens (including phenoxy) is 1. The maximum Gasteiger partial charge on any atom is 0.255 e. The van der Waals surface area contributed by atoms with Crippen LogP contribution in [0.2, 0.25) is 0 Å². The Hall–Kier alpha value is -2.44. The molecule has 1 aliphatic carbocycles. The number of amides is 1. The first kappa shape index (κ1) is 17.4. The van der Waals surface area contributed by atoms with E-state index in [0.717, 1.165) is 25.7 Å². The molecule has 2 aromatic rings. The number of carbonyl (C=O) groups is 1. The van der Waals surface area contributed by atoms with Gasteiger partial charge in [-0.2, -0.15) is 0 Å². The Kier molecular flexibility index (Phi) is 5.63. The highest BCUT2D eigenvalue weighted by Gasteiger charge is 2.24. The molecule has 3 rings (SSSR count). The number of nitrogens with two attached hydrogens (primary N) is 1. The van der Waals surface area contributed by atoms with Gasteiger partial charge in [-0.25, -0.2) is 0 Å². The van der Waals surface area contributed by atoms with Gasteiger partial charge in [-0.15, -0.1) is 0 Å². The van der Waals surface area contributed by atoms with Crippen LogP contribution in [-0.4, -0.2) is 28.2 Å². The first-order chi connectivity index (χ1) is 12.2. The minimum atomic E-state index is -0.406. The Balaban J connectivity index is 1.61. The smallest absolute Gasteiger partial charge is 0.255 e.